The Labute approximate surface area is 406 Å². The number of rotatable bonds is 52. The van der Waals surface area contributed by atoms with E-state index < -0.39 is 6.10 Å². The SMILES string of the molecule is CC(C)CCCCCCCCCCCCCCCCCCC(=O)OC[C@H](COC(=O)CCCCCCCCCCC(C)C)OC(=O)CCCCCCCCCCCCCCCCC(C)C. The Balaban J connectivity index is 4.26. The van der Waals surface area contributed by atoms with E-state index in [-0.39, 0.29) is 31.1 Å². The van der Waals surface area contributed by atoms with E-state index in [1.165, 1.54) is 205 Å². The topological polar surface area (TPSA) is 78.9 Å². The average molecular weight is 920 g/mol. The van der Waals surface area contributed by atoms with Gasteiger partial charge in [-0.1, -0.05) is 286 Å². The molecule has 0 saturated carbocycles. The van der Waals surface area contributed by atoms with Crippen LogP contribution in [-0.2, 0) is 28.6 Å². The molecular formula is C59H114O6. The largest absolute Gasteiger partial charge is 0.462 e. The van der Waals surface area contributed by atoms with Crippen molar-refractivity contribution in [1.29, 1.82) is 0 Å². The molecule has 0 spiro atoms. The van der Waals surface area contributed by atoms with Crippen molar-refractivity contribution >= 4 is 17.9 Å². The molecule has 6 nitrogen and oxygen atoms in total. The second-order valence-electron chi connectivity index (χ2n) is 21.7. The van der Waals surface area contributed by atoms with Crippen molar-refractivity contribution in [1.82, 2.24) is 0 Å². The average Bonchev–Trinajstić information content (AvgIpc) is 3.26. The molecule has 1 atom stereocenters. The Bertz CT molecular complexity index is 1010. The summed E-state index contributed by atoms with van der Waals surface area (Å²) in [6.07, 6.45) is 52.4. The van der Waals surface area contributed by atoms with Crippen molar-refractivity contribution in [2.75, 3.05) is 13.2 Å². The molecule has 0 aromatic rings. The van der Waals surface area contributed by atoms with Crippen LogP contribution in [0.4, 0.5) is 0 Å². The van der Waals surface area contributed by atoms with Gasteiger partial charge in [-0.25, -0.2) is 0 Å². The van der Waals surface area contributed by atoms with Gasteiger partial charge in [0, 0.05) is 19.3 Å². The fourth-order valence-electron chi connectivity index (χ4n) is 9.00. The first kappa shape index (κ1) is 63.4. The summed E-state index contributed by atoms with van der Waals surface area (Å²) in [5.41, 5.74) is 0. The van der Waals surface area contributed by atoms with Gasteiger partial charge in [0.05, 0.1) is 0 Å². The highest BCUT2D eigenvalue weighted by atomic mass is 16.6. The summed E-state index contributed by atoms with van der Waals surface area (Å²) in [6, 6.07) is 0. The molecule has 6 heteroatoms. The molecule has 0 aliphatic rings. The quantitative estimate of drug-likeness (QED) is 0.0344. The van der Waals surface area contributed by atoms with Crippen molar-refractivity contribution < 1.29 is 28.6 Å². The zero-order valence-corrected chi connectivity index (χ0v) is 44.8. The number of esters is 3. The third-order valence-electron chi connectivity index (χ3n) is 13.4. The van der Waals surface area contributed by atoms with Crippen molar-refractivity contribution in [3.8, 4) is 0 Å². The molecule has 386 valence electrons. The Morgan fingerprint density at radius 1 is 0.262 bits per heavy atom. The molecule has 0 aromatic carbocycles. The maximum atomic E-state index is 12.8. The molecule has 0 saturated heterocycles. The van der Waals surface area contributed by atoms with Gasteiger partial charge >= 0.3 is 17.9 Å². The molecule has 65 heavy (non-hydrogen) atoms. The van der Waals surface area contributed by atoms with E-state index in [9.17, 15) is 14.4 Å². The number of hydrogen-bond acceptors (Lipinski definition) is 6. The van der Waals surface area contributed by atoms with E-state index in [1.54, 1.807) is 0 Å². The van der Waals surface area contributed by atoms with Gasteiger partial charge in [0.1, 0.15) is 13.2 Å². The molecule has 0 amide bonds. The molecule has 0 unspecified atom stereocenters. The Morgan fingerprint density at radius 2 is 0.446 bits per heavy atom. The summed E-state index contributed by atoms with van der Waals surface area (Å²) >= 11 is 0. The summed E-state index contributed by atoms with van der Waals surface area (Å²) in [5, 5.41) is 0. The minimum Gasteiger partial charge on any atom is -0.462 e. The van der Waals surface area contributed by atoms with E-state index >= 15 is 0 Å². The minimum atomic E-state index is -0.764. The fourth-order valence-corrected chi connectivity index (χ4v) is 9.00. The number of hydrogen-bond donors (Lipinski definition) is 0. The second kappa shape index (κ2) is 50.3. The van der Waals surface area contributed by atoms with E-state index in [2.05, 4.69) is 41.5 Å². The number of carbonyl (C=O) groups is 3. The summed E-state index contributed by atoms with van der Waals surface area (Å²) in [4.78, 5) is 38.1. The molecule has 0 bridgehead atoms. The molecule has 0 fully saturated rings. The van der Waals surface area contributed by atoms with Gasteiger partial charge in [0.25, 0.3) is 0 Å². The first-order valence-electron chi connectivity index (χ1n) is 29.1. The van der Waals surface area contributed by atoms with Crippen LogP contribution < -0.4 is 0 Å². The summed E-state index contributed by atoms with van der Waals surface area (Å²) in [7, 11) is 0. The Morgan fingerprint density at radius 3 is 0.662 bits per heavy atom. The molecule has 0 rings (SSSR count). The lowest BCUT2D eigenvalue weighted by atomic mass is 10.0. The second-order valence-corrected chi connectivity index (χ2v) is 21.7. The van der Waals surface area contributed by atoms with Gasteiger partial charge in [-0.15, -0.1) is 0 Å². The Kier molecular flexibility index (Phi) is 49.1. The highest BCUT2D eigenvalue weighted by Crippen LogP contribution is 2.18. The molecule has 0 N–H and O–H groups in total. The standard InChI is InChI=1S/C59H114O6/c1-53(2)45-39-33-27-21-17-13-9-7-8-10-15-19-23-30-36-42-48-57(60)63-51-56(52-64-58(61)49-43-37-31-26-25-29-35-41-47-55(5)6)65-59(62)50-44-38-32-24-20-16-12-11-14-18-22-28-34-40-46-54(3)4/h53-56H,7-52H2,1-6H3/t56-/m1/s1. The van der Waals surface area contributed by atoms with Crippen LogP contribution in [0, 0.1) is 17.8 Å². The van der Waals surface area contributed by atoms with Gasteiger partial charge in [-0.3, -0.25) is 14.4 Å². The maximum absolute atomic E-state index is 12.8. The molecular weight excluding hydrogens is 805 g/mol. The van der Waals surface area contributed by atoms with Gasteiger partial charge in [0.2, 0.25) is 0 Å². The lowest BCUT2D eigenvalue weighted by molar-refractivity contribution is -0.167. The molecule has 0 aliphatic carbocycles. The maximum Gasteiger partial charge on any atom is 0.306 e. The van der Waals surface area contributed by atoms with Crippen molar-refractivity contribution in [2.24, 2.45) is 17.8 Å². The predicted octanol–water partition coefficient (Wildman–Crippen LogP) is 19.1. The Hall–Kier alpha value is -1.59. The van der Waals surface area contributed by atoms with Crippen molar-refractivity contribution in [2.45, 2.75) is 330 Å². The van der Waals surface area contributed by atoms with Gasteiger partial charge in [0.15, 0.2) is 6.10 Å². The van der Waals surface area contributed by atoms with Crippen LogP contribution >= 0.6 is 0 Å². The zero-order chi connectivity index (χ0) is 47.7. The monoisotopic (exact) mass is 919 g/mol. The first-order chi connectivity index (χ1) is 31.6. The van der Waals surface area contributed by atoms with Crippen LogP contribution in [0.15, 0.2) is 0 Å². The highest BCUT2D eigenvalue weighted by molar-refractivity contribution is 5.71. The van der Waals surface area contributed by atoms with Crippen molar-refractivity contribution in [3.05, 3.63) is 0 Å². The third-order valence-corrected chi connectivity index (χ3v) is 13.4. The van der Waals surface area contributed by atoms with Crippen LogP contribution in [-0.4, -0.2) is 37.2 Å². The number of unbranched alkanes of at least 4 members (excludes halogenated alkanes) is 35. The highest BCUT2D eigenvalue weighted by Gasteiger charge is 2.19. The van der Waals surface area contributed by atoms with Crippen LogP contribution in [0.3, 0.4) is 0 Å². The van der Waals surface area contributed by atoms with E-state index in [4.69, 9.17) is 14.2 Å². The van der Waals surface area contributed by atoms with Crippen LogP contribution in [0.2, 0.25) is 0 Å². The summed E-state index contributed by atoms with van der Waals surface area (Å²) < 4.78 is 16.9. The first-order valence-corrected chi connectivity index (χ1v) is 29.1. The van der Waals surface area contributed by atoms with Crippen LogP contribution in [0.5, 0.6) is 0 Å². The normalized spacial score (nSPS) is 12.1. The summed E-state index contributed by atoms with van der Waals surface area (Å²) in [5.74, 6) is 1.65. The molecule has 0 radical (unpaired) electrons. The number of ether oxygens (including phenoxy) is 3. The molecule has 0 aromatic heterocycles. The minimum absolute atomic E-state index is 0.0637. The lowest BCUT2D eigenvalue weighted by Crippen LogP contribution is -2.30. The van der Waals surface area contributed by atoms with Crippen LogP contribution in [0.25, 0.3) is 0 Å². The lowest BCUT2D eigenvalue weighted by Gasteiger charge is -2.18. The predicted molar refractivity (Wildman–Crippen MR) is 279 cm³/mol. The van der Waals surface area contributed by atoms with E-state index in [0.717, 1.165) is 75.5 Å². The molecule has 0 heterocycles. The molecule has 0 aliphatic heterocycles. The summed E-state index contributed by atoms with van der Waals surface area (Å²) in [6.45, 7) is 13.7. The van der Waals surface area contributed by atoms with Gasteiger partial charge in [-0.2, -0.15) is 0 Å². The number of carbonyl (C=O) groups excluding carboxylic acids is 3. The van der Waals surface area contributed by atoms with E-state index in [1.807, 2.05) is 0 Å². The third kappa shape index (κ3) is 53.2. The smallest absolute Gasteiger partial charge is 0.306 e. The van der Waals surface area contributed by atoms with Crippen molar-refractivity contribution in [3.63, 3.8) is 0 Å². The van der Waals surface area contributed by atoms with Crippen LogP contribution in [0.1, 0.15) is 324 Å². The van der Waals surface area contributed by atoms with Gasteiger partial charge < -0.3 is 14.2 Å². The fraction of sp³-hybridized carbons (Fsp3) is 0.949. The zero-order valence-electron chi connectivity index (χ0n) is 44.8. The van der Waals surface area contributed by atoms with E-state index in [0.29, 0.717) is 19.3 Å². The van der Waals surface area contributed by atoms with Gasteiger partial charge in [-0.05, 0) is 37.0 Å².